The molecule has 0 aliphatic carbocycles. The van der Waals surface area contributed by atoms with Gasteiger partial charge in [0.2, 0.25) is 0 Å². The number of carboxylic acids is 1. The van der Waals surface area contributed by atoms with Crippen LogP contribution in [0.4, 0.5) is 5.69 Å². The van der Waals surface area contributed by atoms with Gasteiger partial charge >= 0.3 is 5.97 Å². The molecule has 2 rings (SSSR count). The Kier molecular flexibility index (Phi) is 5.42. The summed E-state index contributed by atoms with van der Waals surface area (Å²) in [4.78, 5) is 25.5. The maximum atomic E-state index is 12.8. The number of hydrogen-bond donors (Lipinski definition) is 1. The summed E-state index contributed by atoms with van der Waals surface area (Å²) < 4.78 is 10.4. The first-order chi connectivity index (χ1) is 11.5. The quantitative estimate of drug-likeness (QED) is 0.882. The average molecular weight is 329 g/mol. The van der Waals surface area contributed by atoms with Gasteiger partial charge in [0, 0.05) is 17.3 Å². The van der Waals surface area contributed by atoms with Crippen molar-refractivity contribution in [3.63, 3.8) is 0 Å². The van der Waals surface area contributed by atoms with E-state index >= 15 is 0 Å². The van der Waals surface area contributed by atoms with Crippen LogP contribution >= 0.6 is 0 Å². The van der Waals surface area contributed by atoms with Crippen LogP contribution < -0.4 is 14.4 Å². The molecule has 1 unspecified atom stereocenters. The first-order valence-corrected chi connectivity index (χ1v) is 7.33. The van der Waals surface area contributed by atoms with Gasteiger partial charge in [-0.1, -0.05) is 18.2 Å². The average Bonchev–Trinajstić information content (AvgIpc) is 2.62. The molecule has 1 N–H and O–H groups in total. The van der Waals surface area contributed by atoms with Crippen LogP contribution in [-0.4, -0.2) is 37.2 Å². The fourth-order valence-electron chi connectivity index (χ4n) is 2.32. The number of hydrogen-bond acceptors (Lipinski definition) is 4. The van der Waals surface area contributed by atoms with Crippen molar-refractivity contribution in [2.75, 3.05) is 19.1 Å². The van der Waals surface area contributed by atoms with Crippen molar-refractivity contribution in [2.24, 2.45) is 0 Å². The summed E-state index contributed by atoms with van der Waals surface area (Å²) in [6, 6.07) is 12.3. The zero-order valence-electron chi connectivity index (χ0n) is 13.7. The van der Waals surface area contributed by atoms with Crippen LogP contribution in [-0.2, 0) is 4.79 Å². The summed E-state index contributed by atoms with van der Waals surface area (Å²) in [6.45, 7) is 1.46. The minimum absolute atomic E-state index is 0.403. The van der Waals surface area contributed by atoms with Gasteiger partial charge in [0.15, 0.2) is 11.5 Å². The van der Waals surface area contributed by atoms with E-state index in [4.69, 9.17) is 9.47 Å². The Balaban J connectivity index is 2.51. The molecule has 126 valence electrons. The zero-order valence-corrected chi connectivity index (χ0v) is 13.7. The third-order valence-electron chi connectivity index (χ3n) is 3.63. The summed E-state index contributed by atoms with van der Waals surface area (Å²) in [6.07, 6.45) is 0. The number of rotatable bonds is 6. The normalized spacial score (nSPS) is 11.5. The van der Waals surface area contributed by atoms with E-state index < -0.39 is 17.9 Å². The number of carboxylic acid groups (broad SMARTS) is 1. The molecular formula is C18H19NO5. The largest absolute Gasteiger partial charge is 0.493 e. The monoisotopic (exact) mass is 329 g/mol. The molecule has 0 radical (unpaired) electrons. The molecule has 0 bridgehead atoms. The molecule has 0 spiro atoms. The van der Waals surface area contributed by atoms with Crippen molar-refractivity contribution in [1.82, 2.24) is 0 Å². The number of anilines is 1. The van der Waals surface area contributed by atoms with Gasteiger partial charge in [-0.15, -0.1) is 0 Å². The molecule has 6 heteroatoms. The SMILES string of the molecule is COc1ccc(N(C(=O)c2ccccc2)C(C)C(=O)O)cc1OC. The number of benzene rings is 2. The Labute approximate surface area is 140 Å². The Morgan fingerprint density at radius 2 is 1.62 bits per heavy atom. The van der Waals surface area contributed by atoms with Crippen molar-refractivity contribution in [3.8, 4) is 11.5 Å². The maximum absolute atomic E-state index is 12.8. The molecule has 0 aliphatic heterocycles. The summed E-state index contributed by atoms with van der Waals surface area (Å²) in [5.41, 5.74) is 0.816. The van der Waals surface area contributed by atoms with Gasteiger partial charge in [0.1, 0.15) is 6.04 Å². The van der Waals surface area contributed by atoms with E-state index in [0.717, 1.165) is 0 Å². The van der Waals surface area contributed by atoms with E-state index in [1.807, 2.05) is 0 Å². The van der Waals surface area contributed by atoms with E-state index in [-0.39, 0.29) is 0 Å². The molecule has 0 saturated heterocycles. The number of carbonyl (C=O) groups excluding carboxylic acids is 1. The lowest BCUT2D eigenvalue weighted by molar-refractivity contribution is -0.138. The predicted octanol–water partition coefficient (Wildman–Crippen LogP) is 2.82. The lowest BCUT2D eigenvalue weighted by atomic mass is 10.1. The summed E-state index contributed by atoms with van der Waals surface area (Å²) in [5, 5.41) is 9.39. The van der Waals surface area contributed by atoms with Crippen molar-refractivity contribution >= 4 is 17.6 Å². The van der Waals surface area contributed by atoms with Crippen LogP contribution in [0.1, 0.15) is 17.3 Å². The van der Waals surface area contributed by atoms with Gasteiger partial charge in [-0.05, 0) is 31.2 Å². The van der Waals surface area contributed by atoms with Crippen molar-refractivity contribution in [2.45, 2.75) is 13.0 Å². The Morgan fingerprint density at radius 1 is 1.00 bits per heavy atom. The molecule has 6 nitrogen and oxygen atoms in total. The summed E-state index contributed by atoms with van der Waals surface area (Å²) >= 11 is 0. The fourth-order valence-corrected chi connectivity index (χ4v) is 2.32. The third kappa shape index (κ3) is 3.48. The van der Waals surface area contributed by atoms with E-state index in [2.05, 4.69) is 0 Å². The smallest absolute Gasteiger partial charge is 0.326 e. The van der Waals surface area contributed by atoms with Gasteiger partial charge in [0.25, 0.3) is 5.91 Å². The molecule has 0 aromatic heterocycles. The number of methoxy groups -OCH3 is 2. The number of amides is 1. The highest BCUT2D eigenvalue weighted by Crippen LogP contribution is 2.33. The lowest BCUT2D eigenvalue weighted by Gasteiger charge is -2.27. The van der Waals surface area contributed by atoms with Crippen LogP contribution in [0.2, 0.25) is 0 Å². The lowest BCUT2D eigenvalue weighted by Crippen LogP contribution is -2.43. The maximum Gasteiger partial charge on any atom is 0.326 e. The Bertz CT molecular complexity index is 729. The first kappa shape index (κ1) is 17.3. The predicted molar refractivity (Wildman–Crippen MR) is 89.9 cm³/mol. The van der Waals surface area contributed by atoms with Crippen molar-refractivity contribution in [1.29, 1.82) is 0 Å². The summed E-state index contributed by atoms with van der Waals surface area (Å²) in [5.74, 6) is -0.596. The molecule has 0 fully saturated rings. The van der Waals surface area contributed by atoms with Gasteiger partial charge in [-0.3, -0.25) is 9.69 Å². The number of carbonyl (C=O) groups is 2. The van der Waals surface area contributed by atoms with Gasteiger partial charge < -0.3 is 14.6 Å². The third-order valence-corrected chi connectivity index (χ3v) is 3.63. The highest BCUT2D eigenvalue weighted by Gasteiger charge is 2.28. The first-order valence-electron chi connectivity index (χ1n) is 7.33. The highest BCUT2D eigenvalue weighted by molar-refractivity contribution is 6.09. The second-order valence-electron chi connectivity index (χ2n) is 5.09. The van der Waals surface area contributed by atoms with Crippen LogP contribution in [0, 0.1) is 0 Å². The zero-order chi connectivity index (χ0) is 17.7. The molecule has 24 heavy (non-hydrogen) atoms. The van der Waals surface area contributed by atoms with Crippen LogP contribution in [0.25, 0.3) is 0 Å². The Hall–Kier alpha value is -3.02. The number of nitrogens with zero attached hydrogens (tertiary/aromatic N) is 1. The van der Waals surface area contributed by atoms with Gasteiger partial charge in [0.05, 0.1) is 14.2 Å². The topological polar surface area (TPSA) is 76.1 Å². The molecule has 1 atom stereocenters. The van der Waals surface area contributed by atoms with E-state index in [0.29, 0.717) is 22.7 Å². The minimum atomic E-state index is -1.10. The standard InChI is InChI=1S/C18H19NO5/c1-12(18(21)22)19(17(20)13-7-5-4-6-8-13)14-9-10-15(23-2)16(11-14)24-3/h4-12H,1-3H3,(H,21,22). The van der Waals surface area contributed by atoms with Crippen molar-refractivity contribution < 1.29 is 24.2 Å². The molecule has 2 aromatic carbocycles. The van der Waals surface area contributed by atoms with E-state index in [9.17, 15) is 14.7 Å². The number of ether oxygens (including phenoxy) is 2. The van der Waals surface area contributed by atoms with Crippen LogP contribution in [0.15, 0.2) is 48.5 Å². The van der Waals surface area contributed by atoms with Crippen LogP contribution in [0.3, 0.4) is 0 Å². The molecule has 0 heterocycles. The summed E-state index contributed by atoms with van der Waals surface area (Å²) in [7, 11) is 2.98. The van der Waals surface area contributed by atoms with Gasteiger partial charge in [-0.2, -0.15) is 0 Å². The van der Waals surface area contributed by atoms with Gasteiger partial charge in [-0.25, -0.2) is 4.79 Å². The second kappa shape index (κ2) is 7.50. The molecule has 0 saturated carbocycles. The van der Waals surface area contributed by atoms with E-state index in [1.54, 1.807) is 48.5 Å². The second-order valence-corrected chi connectivity index (χ2v) is 5.09. The van der Waals surface area contributed by atoms with Crippen molar-refractivity contribution in [3.05, 3.63) is 54.1 Å². The number of aliphatic carboxylic acids is 1. The fraction of sp³-hybridized carbons (Fsp3) is 0.222. The molecule has 1 amide bonds. The molecule has 2 aromatic rings. The highest BCUT2D eigenvalue weighted by atomic mass is 16.5. The van der Waals surface area contributed by atoms with E-state index in [1.165, 1.54) is 26.0 Å². The van der Waals surface area contributed by atoms with Crippen LogP contribution in [0.5, 0.6) is 11.5 Å². The molecule has 0 aliphatic rings. The Morgan fingerprint density at radius 3 is 2.17 bits per heavy atom. The minimum Gasteiger partial charge on any atom is -0.493 e. The molecular weight excluding hydrogens is 310 g/mol.